The number of hydrogen-bond acceptors (Lipinski definition) is 4. The van der Waals surface area contributed by atoms with Gasteiger partial charge in [-0.3, -0.25) is 4.98 Å². The van der Waals surface area contributed by atoms with Gasteiger partial charge in [0.2, 0.25) is 0 Å². The monoisotopic (exact) mass is 320 g/mol. The maximum absolute atomic E-state index is 11.9. The third-order valence-electron chi connectivity index (χ3n) is 2.56. The maximum Gasteiger partial charge on any atom is 0.340 e. The normalized spacial score (nSPS) is 10.2. The largest absolute Gasteiger partial charge is 0.457 e. The van der Waals surface area contributed by atoms with E-state index in [1.165, 1.54) is 0 Å². The molecule has 5 heteroatoms. The van der Waals surface area contributed by atoms with Gasteiger partial charge in [0, 0.05) is 28.1 Å². The zero-order valence-corrected chi connectivity index (χ0v) is 12.0. The van der Waals surface area contributed by atoms with E-state index in [0.717, 1.165) is 15.6 Å². The van der Waals surface area contributed by atoms with Gasteiger partial charge in [-0.15, -0.1) is 0 Å². The Hall–Kier alpha value is -1.88. The molecule has 2 rings (SSSR count). The summed E-state index contributed by atoms with van der Waals surface area (Å²) in [5, 5.41) is 0. The maximum atomic E-state index is 11.9. The number of halogens is 1. The van der Waals surface area contributed by atoms with Gasteiger partial charge in [0.05, 0.1) is 5.56 Å². The second-order valence-electron chi connectivity index (χ2n) is 4.18. The first-order chi connectivity index (χ1) is 9.06. The number of pyridine rings is 1. The van der Waals surface area contributed by atoms with E-state index in [-0.39, 0.29) is 6.61 Å². The van der Waals surface area contributed by atoms with Crippen LogP contribution in [-0.4, -0.2) is 11.0 Å². The van der Waals surface area contributed by atoms with E-state index < -0.39 is 5.97 Å². The SMILES string of the molecule is Cc1ccc(N)c(C(=O)OCc2cncc(Br)c2)c1. The first-order valence-electron chi connectivity index (χ1n) is 5.69. The van der Waals surface area contributed by atoms with Gasteiger partial charge < -0.3 is 10.5 Å². The van der Waals surface area contributed by atoms with Crippen LogP contribution in [0.2, 0.25) is 0 Å². The second kappa shape index (κ2) is 5.84. The van der Waals surface area contributed by atoms with E-state index in [1.54, 1.807) is 24.5 Å². The van der Waals surface area contributed by atoms with Crippen LogP contribution in [0.1, 0.15) is 21.5 Å². The summed E-state index contributed by atoms with van der Waals surface area (Å²) in [7, 11) is 0. The van der Waals surface area contributed by atoms with E-state index in [9.17, 15) is 4.79 Å². The van der Waals surface area contributed by atoms with E-state index in [1.807, 2.05) is 19.1 Å². The van der Waals surface area contributed by atoms with Crippen molar-refractivity contribution < 1.29 is 9.53 Å². The molecule has 0 atom stereocenters. The molecule has 0 radical (unpaired) electrons. The van der Waals surface area contributed by atoms with Gasteiger partial charge in [0.15, 0.2) is 0 Å². The molecule has 2 aromatic rings. The Morgan fingerprint density at radius 2 is 2.16 bits per heavy atom. The lowest BCUT2D eigenvalue weighted by molar-refractivity contribution is 0.0473. The summed E-state index contributed by atoms with van der Waals surface area (Å²) < 4.78 is 6.07. The number of anilines is 1. The van der Waals surface area contributed by atoms with Crippen LogP contribution in [0.3, 0.4) is 0 Å². The van der Waals surface area contributed by atoms with E-state index in [0.29, 0.717) is 11.3 Å². The molecule has 0 aliphatic carbocycles. The Balaban J connectivity index is 2.07. The van der Waals surface area contributed by atoms with Crippen LogP contribution in [0.4, 0.5) is 5.69 Å². The molecule has 1 aromatic carbocycles. The Bertz CT molecular complexity index is 614. The Morgan fingerprint density at radius 3 is 2.89 bits per heavy atom. The fourth-order valence-electron chi connectivity index (χ4n) is 1.61. The molecule has 1 heterocycles. The number of hydrogen-bond donors (Lipinski definition) is 1. The average molecular weight is 321 g/mol. The first kappa shape index (κ1) is 13.5. The Labute approximate surface area is 119 Å². The summed E-state index contributed by atoms with van der Waals surface area (Å²) >= 11 is 3.31. The zero-order valence-electron chi connectivity index (χ0n) is 10.4. The second-order valence-corrected chi connectivity index (χ2v) is 5.09. The van der Waals surface area contributed by atoms with Gasteiger partial charge in [0.25, 0.3) is 0 Å². The topological polar surface area (TPSA) is 65.2 Å². The fourth-order valence-corrected chi connectivity index (χ4v) is 2.02. The molecule has 0 aliphatic heterocycles. The highest BCUT2D eigenvalue weighted by atomic mass is 79.9. The minimum atomic E-state index is -0.429. The van der Waals surface area contributed by atoms with Crippen LogP contribution in [0.25, 0.3) is 0 Å². The van der Waals surface area contributed by atoms with Crippen molar-refractivity contribution in [1.82, 2.24) is 4.98 Å². The minimum Gasteiger partial charge on any atom is -0.457 e. The number of carbonyl (C=O) groups is 1. The third kappa shape index (κ3) is 3.54. The molecule has 0 fully saturated rings. The van der Waals surface area contributed by atoms with E-state index in [2.05, 4.69) is 20.9 Å². The number of carbonyl (C=O) groups excluding carboxylic acids is 1. The summed E-state index contributed by atoms with van der Waals surface area (Å²) in [6, 6.07) is 7.12. The fraction of sp³-hybridized carbons (Fsp3) is 0.143. The number of rotatable bonds is 3. The number of aromatic nitrogens is 1. The lowest BCUT2D eigenvalue weighted by Crippen LogP contribution is -2.08. The van der Waals surface area contributed by atoms with Crippen LogP contribution in [0, 0.1) is 6.92 Å². The first-order valence-corrected chi connectivity index (χ1v) is 6.48. The van der Waals surface area contributed by atoms with Gasteiger partial charge in [-0.2, -0.15) is 0 Å². The quantitative estimate of drug-likeness (QED) is 0.697. The number of benzene rings is 1. The molecular weight excluding hydrogens is 308 g/mol. The van der Waals surface area contributed by atoms with E-state index >= 15 is 0 Å². The van der Waals surface area contributed by atoms with Crippen LogP contribution in [0.5, 0.6) is 0 Å². The van der Waals surface area contributed by atoms with Crippen molar-refractivity contribution in [3.8, 4) is 0 Å². The van der Waals surface area contributed by atoms with Gasteiger partial charge in [-0.25, -0.2) is 4.79 Å². The van der Waals surface area contributed by atoms with Crippen molar-refractivity contribution in [2.75, 3.05) is 5.73 Å². The van der Waals surface area contributed by atoms with Crippen LogP contribution < -0.4 is 5.73 Å². The number of nitrogens with zero attached hydrogens (tertiary/aromatic N) is 1. The molecule has 0 aliphatic rings. The van der Waals surface area contributed by atoms with Crippen molar-refractivity contribution in [2.45, 2.75) is 13.5 Å². The molecular formula is C14H13BrN2O2. The smallest absolute Gasteiger partial charge is 0.340 e. The lowest BCUT2D eigenvalue weighted by Gasteiger charge is -2.08. The highest BCUT2D eigenvalue weighted by Gasteiger charge is 2.11. The third-order valence-corrected chi connectivity index (χ3v) is 2.99. The molecule has 0 saturated heterocycles. The summed E-state index contributed by atoms with van der Waals surface area (Å²) in [5.74, 6) is -0.429. The summed E-state index contributed by atoms with van der Waals surface area (Å²) in [6.45, 7) is 2.06. The number of nitrogen functional groups attached to an aromatic ring is 1. The lowest BCUT2D eigenvalue weighted by atomic mass is 10.1. The average Bonchev–Trinajstić information content (AvgIpc) is 2.39. The van der Waals surface area contributed by atoms with Crippen LogP contribution in [0.15, 0.2) is 41.1 Å². The predicted octanol–water partition coefficient (Wildman–Crippen LogP) is 3.09. The Kier molecular flexibility index (Phi) is 4.16. The summed E-state index contributed by atoms with van der Waals surface area (Å²) in [6.07, 6.45) is 3.32. The van der Waals surface area contributed by atoms with E-state index in [4.69, 9.17) is 10.5 Å². The van der Waals surface area contributed by atoms with Crippen molar-refractivity contribution in [1.29, 1.82) is 0 Å². The number of esters is 1. The van der Waals surface area contributed by atoms with Gasteiger partial charge in [-0.05, 0) is 41.1 Å². The molecule has 0 spiro atoms. The molecule has 0 bridgehead atoms. The number of aryl methyl sites for hydroxylation is 1. The highest BCUT2D eigenvalue weighted by Crippen LogP contribution is 2.16. The van der Waals surface area contributed by atoms with Gasteiger partial charge in [0.1, 0.15) is 6.61 Å². The highest BCUT2D eigenvalue weighted by molar-refractivity contribution is 9.10. The molecule has 1 aromatic heterocycles. The zero-order chi connectivity index (χ0) is 13.8. The number of ether oxygens (including phenoxy) is 1. The van der Waals surface area contributed by atoms with Gasteiger partial charge in [-0.1, -0.05) is 11.6 Å². The summed E-state index contributed by atoms with van der Waals surface area (Å²) in [5.41, 5.74) is 8.35. The molecule has 19 heavy (non-hydrogen) atoms. The standard InChI is InChI=1S/C14H13BrN2O2/c1-9-2-3-13(16)12(4-9)14(18)19-8-10-5-11(15)7-17-6-10/h2-7H,8,16H2,1H3. The van der Waals surface area contributed by atoms with Crippen molar-refractivity contribution >= 4 is 27.6 Å². The molecule has 98 valence electrons. The summed E-state index contributed by atoms with van der Waals surface area (Å²) in [4.78, 5) is 15.9. The number of nitrogens with two attached hydrogens (primary N) is 1. The Morgan fingerprint density at radius 1 is 1.37 bits per heavy atom. The van der Waals surface area contributed by atoms with Crippen LogP contribution >= 0.6 is 15.9 Å². The minimum absolute atomic E-state index is 0.165. The van der Waals surface area contributed by atoms with Crippen molar-refractivity contribution in [2.24, 2.45) is 0 Å². The molecule has 0 unspecified atom stereocenters. The molecule has 4 nitrogen and oxygen atoms in total. The molecule has 0 amide bonds. The van der Waals surface area contributed by atoms with Gasteiger partial charge >= 0.3 is 5.97 Å². The van der Waals surface area contributed by atoms with Crippen molar-refractivity contribution in [3.05, 3.63) is 57.8 Å². The molecule has 2 N–H and O–H groups in total. The van der Waals surface area contributed by atoms with Crippen LogP contribution in [-0.2, 0) is 11.3 Å². The van der Waals surface area contributed by atoms with Crippen molar-refractivity contribution in [3.63, 3.8) is 0 Å². The predicted molar refractivity (Wildman–Crippen MR) is 76.6 cm³/mol. The molecule has 0 saturated carbocycles.